The van der Waals surface area contributed by atoms with Crippen molar-refractivity contribution in [3.63, 3.8) is 0 Å². The van der Waals surface area contributed by atoms with Gasteiger partial charge in [-0.2, -0.15) is 0 Å². The Balaban J connectivity index is 1.60. The van der Waals surface area contributed by atoms with Gasteiger partial charge in [0.25, 0.3) is 0 Å². The third kappa shape index (κ3) is 4.76. The van der Waals surface area contributed by atoms with Gasteiger partial charge in [-0.25, -0.2) is 0 Å². The van der Waals surface area contributed by atoms with Crippen molar-refractivity contribution in [2.75, 3.05) is 18.1 Å². The first-order chi connectivity index (χ1) is 13.3. The number of nitrogens with zero attached hydrogens (tertiary/aromatic N) is 1. The van der Waals surface area contributed by atoms with Crippen LogP contribution in [0.1, 0.15) is 58.4 Å². The summed E-state index contributed by atoms with van der Waals surface area (Å²) < 4.78 is 6.24. The molecule has 0 unspecified atom stereocenters. The second kappa shape index (κ2) is 8.93. The van der Waals surface area contributed by atoms with Crippen molar-refractivity contribution in [1.29, 1.82) is 0 Å². The SMILES string of the molecule is C[C@@H]1[C@@H](C(C)(C)O)[C@H](CCO)O[C@@H]1CCc1ccc(N2CCCCC2=O)cc1. The van der Waals surface area contributed by atoms with E-state index in [1.165, 1.54) is 5.56 Å². The molecule has 156 valence electrons. The van der Waals surface area contributed by atoms with E-state index in [4.69, 9.17) is 4.74 Å². The second-order valence-electron chi connectivity index (χ2n) is 8.97. The number of hydrogen-bond acceptors (Lipinski definition) is 4. The van der Waals surface area contributed by atoms with Gasteiger partial charge < -0.3 is 19.8 Å². The lowest BCUT2D eigenvalue weighted by atomic mass is 9.76. The average molecular weight is 390 g/mol. The Bertz CT molecular complexity index is 652. The lowest BCUT2D eigenvalue weighted by Gasteiger charge is -2.32. The lowest BCUT2D eigenvalue weighted by Crippen LogP contribution is -2.40. The number of benzene rings is 1. The van der Waals surface area contributed by atoms with Gasteiger partial charge in [0, 0.05) is 31.2 Å². The molecule has 0 radical (unpaired) electrons. The van der Waals surface area contributed by atoms with Crippen LogP contribution in [0.4, 0.5) is 5.69 Å². The zero-order valence-corrected chi connectivity index (χ0v) is 17.4. The number of carbonyl (C=O) groups is 1. The highest BCUT2D eigenvalue weighted by molar-refractivity contribution is 5.93. The summed E-state index contributed by atoms with van der Waals surface area (Å²) in [5.41, 5.74) is 1.40. The highest BCUT2D eigenvalue weighted by atomic mass is 16.5. The van der Waals surface area contributed by atoms with Crippen LogP contribution < -0.4 is 4.90 Å². The summed E-state index contributed by atoms with van der Waals surface area (Å²) >= 11 is 0. The average Bonchev–Trinajstić information content (AvgIpc) is 2.97. The molecule has 2 heterocycles. The molecule has 4 atom stereocenters. The molecule has 0 spiro atoms. The van der Waals surface area contributed by atoms with E-state index >= 15 is 0 Å². The van der Waals surface area contributed by atoms with Gasteiger partial charge in [-0.1, -0.05) is 19.1 Å². The minimum Gasteiger partial charge on any atom is -0.396 e. The third-order valence-corrected chi connectivity index (χ3v) is 6.42. The van der Waals surface area contributed by atoms with Gasteiger partial charge >= 0.3 is 0 Å². The Labute approximate surface area is 168 Å². The van der Waals surface area contributed by atoms with Crippen LogP contribution in [0.2, 0.25) is 0 Å². The second-order valence-corrected chi connectivity index (χ2v) is 8.97. The quantitative estimate of drug-likeness (QED) is 0.751. The van der Waals surface area contributed by atoms with E-state index in [1.807, 2.05) is 30.9 Å². The van der Waals surface area contributed by atoms with Crippen molar-refractivity contribution in [3.05, 3.63) is 29.8 Å². The Hall–Kier alpha value is -1.43. The van der Waals surface area contributed by atoms with Gasteiger partial charge in [-0.15, -0.1) is 0 Å². The number of rotatable bonds is 7. The molecule has 28 heavy (non-hydrogen) atoms. The molecule has 5 nitrogen and oxygen atoms in total. The Morgan fingerprint density at radius 1 is 1.14 bits per heavy atom. The molecule has 2 aliphatic rings. The van der Waals surface area contributed by atoms with E-state index in [2.05, 4.69) is 19.1 Å². The summed E-state index contributed by atoms with van der Waals surface area (Å²) in [6.45, 7) is 6.72. The Kier molecular flexibility index (Phi) is 6.79. The number of ether oxygens (including phenoxy) is 1. The topological polar surface area (TPSA) is 70.0 Å². The zero-order valence-electron chi connectivity index (χ0n) is 17.4. The summed E-state index contributed by atoms with van der Waals surface area (Å²) in [5.74, 6) is 0.485. The van der Waals surface area contributed by atoms with Crippen LogP contribution in [-0.4, -0.2) is 47.1 Å². The van der Waals surface area contributed by atoms with Crippen molar-refractivity contribution in [1.82, 2.24) is 0 Å². The van der Waals surface area contributed by atoms with Crippen LogP contribution in [0.15, 0.2) is 24.3 Å². The number of hydrogen-bond donors (Lipinski definition) is 2. The largest absolute Gasteiger partial charge is 0.396 e. The van der Waals surface area contributed by atoms with Gasteiger partial charge in [-0.05, 0) is 69.6 Å². The molecule has 0 saturated carbocycles. The minimum absolute atomic E-state index is 0.0251. The third-order valence-electron chi connectivity index (χ3n) is 6.42. The Morgan fingerprint density at radius 3 is 2.46 bits per heavy atom. The van der Waals surface area contributed by atoms with Crippen LogP contribution in [0.5, 0.6) is 0 Å². The molecule has 0 aromatic heterocycles. The van der Waals surface area contributed by atoms with Crippen molar-refractivity contribution in [2.45, 2.75) is 77.1 Å². The van der Waals surface area contributed by atoms with Gasteiger partial charge in [0.15, 0.2) is 0 Å². The lowest BCUT2D eigenvalue weighted by molar-refractivity contribution is -0.119. The summed E-state index contributed by atoms with van der Waals surface area (Å²) in [7, 11) is 0. The molecule has 0 aliphatic carbocycles. The van der Waals surface area contributed by atoms with Crippen molar-refractivity contribution < 1.29 is 19.7 Å². The van der Waals surface area contributed by atoms with Crippen molar-refractivity contribution in [2.24, 2.45) is 11.8 Å². The number of aryl methyl sites for hydroxylation is 1. The van der Waals surface area contributed by atoms with E-state index in [-0.39, 0.29) is 36.6 Å². The highest BCUT2D eigenvalue weighted by Crippen LogP contribution is 2.42. The first kappa shape index (κ1) is 21.3. The summed E-state index contributed by atoms with van der Waals surface area (Å²) in [4.78, 5) is 14.0. The molecule has 2 N–H and O–H groups in total. The number of piperidine rings is 1. The van der Waals surface area contributed by atoms with E-state index in [0.717, 1.165) is 37.9 Å². The molecule has 0 bridgehead atoms. The predicted octanol–water partition coefficient (Wildman–Crippen LogP) is 3.31. The molecule has 3 rings (SSSR count). The number of anilines is 1. The maximum Gasteiger partial charge on any atom is 0.226 e. The van der Waals surface area contributed by atoms with Crippen LogP contribution >= 0.6 is 0 Å². The normalized spacial score (nSPS) is 28.8. The predicted molar refractivity (Wildman–Crippen MR) is 110 cm³/mol. The molecule has 5 heteroatoms. The molecular formula is C23H35NO4. The van der Waals surface area contributed by atoms with Crippen molar-refractivity contribution >= 4 is 11.6 Å². The minimum atomic E-state index is -0.823. The molecule has 2 fully saturated rings. The fraction of sp³-hybridized carbons (Fsp3) is 0.696. The van der Waals surface area contributed by atoms with Crippen LogP contribution in [-0.2, 0) is 16.0 Å². The first-order valence-corrected chi connectivity index (χ1v) is 10.7. The van der Waals surface area contributed by atoms with Crippen LogP contribution in [0, 0.1) is 11.8 Å². The molecular weight excluding hydrogens is 354 g/mol. The number of aliphatic hydroxyl groups is 2. The first-order valence-electron chi connectivity index (χ1n) is 10.7. The van der Waals surface area contributed by atoms with E-state index < -0.39 is 5.60 Å². The van der Waals surface area contributed by atoms with E-state index in [0.29, 0.717) is 12.8 Å². The molecule has 1 amide bonds. The van der Waals surface area contributed by atoms with Gasteiger partial charge in [0.05, 0.1) is 17.8 Å². The number of amides is 1. The van der Waals surface area contributed by atoms with Gasteiger partial charge in [0.2, 0.25) is 5.91 Å². The maximum absolute atomic E-state index is 12.1. The molecule has 1 aromatic rings. The smallest absolute Gasteiger partial charge is 0.226 e. The standard InChI is InChI=1S/C23H35NO4/c1-16-19(28-20(13-15-25)22(16)23(2,3)27)12-9-17-7-10-18(11-8-17)24-14-5-4-6-21(24)26/h7-8,10-11,16,19-20,22,25,27H,4-6,9,12-15H2,1-3H3/t16-,19+,20-,22+/m0/s1. The van der Waals surface area contributed by atoms with Gasteiger partial charge in [0.1, 0.15) is 0 Å². The monoisotopic (exact) mass is 389 g/mol. The van der Waals surface area contributed by atoms with Crippen LogP contribution in [0.3, 0.4) is 0 Å². The van der Waals surface area contributed by atoms with Crippen LogP contribution in [0.25, 0.3) is 0 Å². The zero-order chi connectivity index (χ0) is 20.3. The fourth-order valence-electron chi connectivity index (χ4n) is 5.04. The summed E-state index contributed by atoms with van der Waals surface area (Å²) in [6.07, 6.45) is 5.04. The number of carbonyl (C=O) groups excluding carboxylic acids is 1. The summed E-state index contributed by atoms with van der Waals surface area (Å²) in [6, 6.07) is 8.31. The maximum atomic E-state index is 12.1. The van der Waals surface area contributed by atoms with Crippen molar-refractivity contribution in [3.8, 4) is 0 Å². The summed E-state index contributed by atoms with van der Waals surface area (Å²) in [5, 5.41) is 19.9. The Morgan fingerprint density at radius 2 is 1.86 bits per heavy atom. The molecule has 2 aliphatic heterocycles. The van der Waals surface area contributed by atoms with E-state index in [9.17, 15) is 15.0 Å². The molecule has 2 saturated heterocycles. The fourth-order valence-corrected chi connectivity index (χ4v) is 5.04. The highest BCUT2D eigenvalue weighted by Gasteiger charge is 2.47. The van der Waals surface area contributed by atoms with Gasteiger partial charge in [-0.3, -0.25) is 4.79 Å². The number of aliphatic hydroxyl groups excluding tert-OH is 1. The van der Waals surface area contributed by atoms with E-state index in [1.54, 1.807) is 0 Å². The molecule has 1 aromatic carbocycles.